The first kappa shape index (κ1) is 19.1. The van der Waals surface area contributed by atoms with Gasteiger partial charge >= 0.3 is 0 Å². The summed E-state index contributed by atoms with van der Waals surface area (Å²) in [5.74, 6) is 1.97. The molecule has 0 unspecified atom stereocenters. The summed E-state index contributed by atoms with van der Waals surface area (Å²) >= 11 is 0. The maximum atomic E-state index is 4.85. The number of aromatic nitrogens is 3. The van der Waals surface area contributed by atoms with Crippen LogP contribution in [-0.4, -0.2) is 59.1 Å². The van der Waals surface area contributed by atoms with Crippen LogP contribution in [0.25, 0.3) is 10.8 Å². The van der Waals surface area contributed by atoms with Crippen LogP contribution in [0.1, 0.15) is 25.7 Å². The molecule has 0 radical (unpaired) electrons. The fraction of sp³-hybridized carbons (Fsp3) is 0.435. The van der Waals surface area contributed by atoms with E-state index < -0.39 is 0 Å². The molecule has 5 rings (SSSR count). The molecule has 0 spiro atoms. The Hall–Kier alpha value is -2.93. The first-order valence-electron chi connectivity index (χ1n) is 10.9. The van der Waals surface area contributed by atoms with Gasteiger partial charge in [-0.15, -0.1) is 0 Å². The minimum atomic E-state index is 0.350. The number of anilines is 4. The van der Waals surface area contributed by atoms with Gasteiger partial charge in [0.25, 0.3) is 0 Å². The Morgan fingerprint density at radius 1 is 0.900 bits per heavy atom. The normalized spacial score (nSPS) is 17.8. The number of nitrogens with zero attached hydrogens (tertiary/aromatic N) is 5. The predicted octanol–water partition coefficient (Wildman–Crippen LogP) is 3.87. The zero-order valence-electron chi connectivity index (χ0n) is 17.7. The summed E-state index contributed by atoms with van der Waals surface area (Å²) in [7, 11) is 4.05. The van der Waals surface area contributed by atoms with E-state index >= 15 is 0 Å². The molecule has 7 heteroatoms. The Kier molecular flexibility index (Phi) is 5.12. The molecule has 30 heavy (non-hydrogen) atoms. The highest BCUT2D eigenvalue weighted by Gasteiger charge is 2.29. The van der Waals surface area contributed by atoms with Crippen molar-refractivity contribution < 1.29 is 0 Å². The maximum Gasteiger partial charge on any atom is 0.236 e. The first-order valence-corrected chi connectivity index (χ1v) is 10.9. The molecule has 1 saturated carbocycles. The number of fused-ring (bicyclic) bond motifs is 1. The summed E-state index contributed by atoms with van der Waals surface area (Å²) in [6, 6.07) is 16.0. The fourth-order valence-electron chi connectivity index (χ4n) is 4.13. The van der Waals surface area contributed by atoms with Crippen molar-refractivity contribution in [2.24, 2.45) is 0 Å². The van der Waals surface area contributed by atoms with Crippen molar-refractivity contribution in [2.75, 3.05) is 42.7 Å². The second-order valence-corrected chi connectivity index (χ2v) is 8.39. The molecule has 2 aliphatic rings. The summed E-state index contributed by atoms with van der Waals surface area (Å²) in [5, 5.41) is 9.02. The zero-order chi connectivity index (χ0) is 20.5. The molecular weight excluding hydrogens is 374 g/mol. The van der Waals surface area contributed by atoms with Gasteiger partial charge in [0, 0.05) is 24.8 Å². The third kappa shape index (κ3) is 4.03. The van der Waals surface area contributed by atoms with Crippen molar-refractivity contribution in [2.45, 2.75) is 37.8 Å². The van der Waals surface area contributed by atoms with Crippen LogP contribution >= 0.6 is 0 Å². The van der Waals surface area contributed by atoms with Crippen molar-refractivity contribution in [3.05, 3.63) is 42.5 Å². The second-order valence-electron chi connectivity index (χ2n) is 8.39. The molecule has 0 bridgehead atoms. The quantitative estimate of drug-likeness (QED) is 0.647. The smallest absolute Gasteiger partial charge is 0.236 e. The second kappa shape index (κ2) is 8.07. The lowest BCUT2D eigenvalue weighted by molar-refractivity contribution is 0.254. The Balaban J connectivity index is 1.58. The Labute approximate surface area is 177 Å². The molecule has 2 N–H and O–H groups in total. The summed E-state index contributed by atoms with van der Waals surface area (Å²) in [6.07, 6.45) is 4.52. The van der Waals surface area contributed by atoms with Crippen LogP contribution in [0.15, 0.2) is 42.5 Å². The molecule has 0 atom stereocenters. The highest BCUT2D eigenvalue weighted by atomic mass is 15.3. The van der Waals surface area contributed by atoms with E-state index in [-0.39, 0.29) is 0 Å². The summed E-state index contributed by atoms with van der Waals surface area (Å²) in [5.41, 5.74) is 1.13. The van der Waals surface area contributed by atoms with E-state index in [2.05, 4.69) is 74.9 Å². The fourth-order valence-corrected chi connectivity index (χ4v) is 4.13. The van der Waals surface area contributed by atoms with Crippen LogP contribution in [0.4, 0.5) is 23.5 Å². The van der Waals surface area contributed by atoms with Crippen molar-refractivity contribution in [3.8, 4) is 0 Å². The Morgan fingerprint density at radius 2 is 1.63 bits per heavy atom. The summed E-state index contributed by atoms with van der Waals surface area (Å²) in [6.45, 7) is 2.15. The first-order chi connectivity index (χ1) is 14.7. The average molecular weight is 404 g/mol. The largest absolute Gasteiger partial charge is 0.357 e. The van der Waals surface area contributed by atoms with Crippen molar-refractivity contribution >= 4 is 34.3 Å². The van der Waals surface area contributed by atoms with E-state index in [4.69, 9.17) is 9.97 Å². The van der Waals surface area contributed by atoms with Gasteiger partial charge in [-0.2, -0.15) is 15.0 Å². The van der Waals surface area contributed by atoms with E-state index in [9.17, 15) is 0 Å². The molecule has 156 valence electrons. The van der Waals surface area contributed by atoms with Crippen LogP contribution < -0.4 is 15.5 Å². The van der Waals surface area contributed by atoms with Gasteiger partial charge in [-0.1, -0.05) is 30.3 Å². The topological polar surface area (TPSA) is 69.2 Å². The molecule has 3 aromatic rings. The molecular formula is C23H29N7. The Bertz CT molecular complexity index is 1020. The lowest BCUT2D eigenvalue weighted by Crippen LogP contribution is -2.42. The van der Waals surface area contributed by atoms with Gasteiger partial charge < -0.3 is 20.4 Å². The molecule has 7 nitrogen and oxygen atoms in total. The van der Waals surface area contributed by atoms with E-state index in [1.807, 2.05) is 7.05 Å². The Morgan fingerprint density at radius 3 is 2.37 bits per heavy atom. The molecule has 2 aromatic carbocycles. The highest BCUT2D eigenvalue weighted by Crippen LogP contribution is 2.33. The van der Waals surface area contributed by atoms with Crippen LogP contribution in [0, 0.1) is 0 Å². The number of hydrogen-bond acceptors (Lipinski definition) is 7. The summed E-state index contributed by atoms with van der Waals surface area (Å²) in [4.78, 5) is 18.9. The number of hydrogen-bond donors (Lipinski definition) is 2. The van der Waals surface area contributed by atoms with Crippen LogP contribution in [0.2, 0.25) is 0 Å². The molecule has 2 heterocycles. The average Bonchev–Trinajstić information content (AvgIpc) is 3.59. The number of nitrogens with one attached hydrogen (secondary N) is 2. The minimum absolute atomic E-state index is 0.350. The van der Waals surface area contributed by atoms with Crippen LogP contribution in [-0.2, 0) is 0 Å². The summed E-state index contributed by atoms with van der Waals surface area (Å²) < 4.78 is 0. The lowest BCUT2D eigenvalue weighted by atomic mass is 10.0. The van der Waals surface area contributed by atoms with Gasteiger partial charge in [0.05, 0.1) is 0 Å². The number of likely N-dealkylation sites (tertiary alicyclic amines) is 1. The molecule has 2 fully saturated rings. The van der Waals surface area contributed by atoms with Crippen LogP contribution in [0.3, 0.4) is 0 Å². The van der Waals surface area contributed by atoms with Gasteiger partial charge in [-0.3, -0.25) is 0 Å². The number of piperidine rings is 1. The predicted molar refractivity (Wildman–Crippen MR) is 123 cm³/mol. The SMILES string of the molecule is CNc1nc(NC2CC2)nc(N(c2ccc3ccccc3c2)C2CCN(C)CC2)n1. The molecule has 1 aliphatic heterocycles. The van der Waals surface area contributed by atoms with E-state index in [1.165, 1.54) is 23.6 Å². The number of rotatable bonds is 6. The zero-order valence-corrected chi connectivity index (χ0v) is 17.7. The highest BCUT2D eigenvalue weighted by molar-refractivity contribution is 5.86. The van der Waals surface area contributed by atoms with Gasteiger partial charge in [0.15, 0.2) is 0 Å². The van der Waals surface area contributed by atoms with Crippen molar-refractivity contribution in [3.63, 3.8) is 0 Å². The monoisotopic (exact) mass is 403 g/mol. The third-order valence-corrected chi connectivity index (χ3v) is 6.04. The maximum absolute atomic E-state index is 4.85. The van der Waals surface area contributed by atoms with Gasteiger partial charge in [0.1, 0.15) is 0 Å². The van der Waals surface area contributed by atoms with Gasteiger partial charge in [-0.25, -0.2) is 0 Å². The van der Waals surface area contributed by atoms with Gasteiger partial charge in [-0.05, 0) is 68.7 Å². The van der Waals surface area contributed by atoms with Gasteiger partial charge in [0.2, 0.25) is 17.8 Å². The third-order valence-electron chi connectivity index (χ3n) is 6.04. The standard InChI is InChI=1S/C23H29N7/c1-24-21-26-22(25-18-8-9-18)28-23(27-21)30(19-11-13-29(2)14-12-19)20-10-7-16-5-3-4-6-17(16)15-20/h3-7,10,15,18-19H,8-9,11-14H2,1-2H3,(H2,24,25,26,27,28). The van der Waals surface area contributed by atoms with Crippen LogP contribution in [0.5, 0.6) is 0 Å². The minimum Gasteiger partial charge on any atom is -0.357 e. The van der Waals surface area contributed by atoms with E-state index in [1.54, 1.807) is 0 Å². The lowest BCUT2D eigenvalue weighted by Gasteiger charge is -2.37. The molecule has 0 amide bonds. The van der Waals surface area contributed by atoms with Crippen molar-refractivity contribution in [1.82, 2.24) is 19.9 Å². The van der Waals surface area contributed by atoms with E-state index in [0.29, 0.717) is 29.9 Å². The number of benzene rings is 2. The molecule has 1 aromatic heterocycles. The van der Waals surface area contributed by atoms with E-state index in [0.717, 1.165) is 31.6 Å². The van der Waals surface area contributed by atoms with Crippen molar-refractivity contribution in [1.29, 1.82) is 0 Å². The molecule has 1 saturated heterocycles. The molecule has 1 aliphatic carbocycles.